The van der Waals surface area contributed by atoms with Crippen LogP contribution in [0.2, 0.25) is 0 Å². The first-order chi connectivity index (χ1) is 13.2. The van der Waals surface area contributed by atoms with Crippen molar-refractivity contribution >= 4 is 34.3 Å². The molecule has 2 aromatic carbocycles. The molecule has 28 heavy (non-hydrogen) atoms. The van der Waals surface area contributed by atoms with E-state index in [1.807, 2.05) is 71.9 Å². The summed E-state index contributed by atoms with van der Waals surface area (Å²) in [4.78, 5) is 12.4. The predicted octanol–water partition coefficient (Wildman–Crippen LogP) is 4.28. The number of hydrogen-bond donors (Lipinski definition) is 0. The van der Waals surface area contributed by atoms with E-state index in [1.165, 1.54) is 0 Å². The van der Waals surface area contributed by atoms with Gasteiger partial charge < -0.3 is 18.5 Å². The average molecular weight is 382 g/mol. The van der Waals surface area contributed by atoms with Crippen LogP contribution >= 0.6 is 0 Å². The first-order valence-corrected chi connectivity index (χ1v) is 9.62. The molecule has 1 fully saturated rings. The van der Waals surface area contributed by atoms with Crippen LogP contribution in [0.15, 0.2) is 45.6 Å². The summed E-state index contributed by atoms with van der Waals surface area (Å²) in [7, 11) is 1.07. The number of methoxy groups -OCH3 is 1. The van der Waals surface area contributed by atoms with E-state index >= 15 is 0 Å². The Kier molecular flexibility index (Phi) is 5.30. The Labute approximate surface area is 165 Å². The summed E-state index contributed by atoms with van der Waals surface area (Å²) in [5.74, 6) is 0.623. The summed E-state index contributed by atoms with van der Waals surface area (Å²) < 4.78 is 22.9. The molecule has 2 heterocycles. The van der Waals surface area contributed by atoms with E-state index in [-0.39, 0.29) is 0 Å². The van der Waals surface area contributed by atoms with Gasteiger partial charge >= 0.3 is 12.7 Å². The molecular weight excluding hydrogens is 355 g/mol. The molecule has 0 spiro atoms. The van der Waals surface area contributed by atoms with Gasteiger partial charge in [-0.2, -0.15) is 0 Å². The van der Waals surface area contributed by atoms with Crippen LogP contribution in [0.5, 0.6) is 5.75 Å². The van der Waals surface area contributed by atoms with E-state index in [1.54, 1.807) is 13.2 Å². The van der Waals surface area contributed by atoms with Crippen molar-refractivity contribution in [3.05, 3.63) is 46.8 Å². The monoisotopic (exact) mass is 382 g/mol. The molecule has 0 bridgehead atoms. The maximum Gasteiger partial charge on any atom is 0.494 e. The summed E-state index contributed by atoms with van der Waals surface area (Å²) in [5, 5.41) is 2.19. The molecular formula is C22H27BO5. The molecule has 0 amide bonds. The Morgan fingerprint density at radius 1 is 0.857 bits per heavy atom. The fourth-order valence-corrected chi connectivity index (χ4v) is 3.18. The zero-order valence-electron chi connectivity index (χ0n) is 17.6. The van der Waals surface area contributed by atoms with Gasteiger partial charge in [-0.25, -0.2) is 4.79 Å². The van der Waals surface area contributed by atoms with Gasteiger partial charge in [0, 0.05) is 10.8 Å². The molecule has 1 aliphatic heterocycles. The van der Waals surface area contributed by atoms with Gasteiger partial charge in [-0.05, 0) is 57.4 Å². The van der Waals surface area contributed by atoms with Crippen molar-refractivity contribution in [3.8, 4) is 5.75 Å². The van der Waals surface area contributed by atoms with Crippen molar-refractivity contribution in [2.24, 2.45) is 0 Å². The third-order valence-corrected chi connectivity index (χ3v) is 5.47. The molecule has 0 atom stereocenters. The van der Waals surface area contributed by atoms with Crippen molar-refractivity contribution in [2.75, 3.05) is 7.11 Å². The lowest BCUT2D eigenvalue weighted by Crippen LogP contribution is -2.41. The van der Waals surface area contributed by atoms with Crippen molar-refractivity contribution in [1.82, 2.24) is 0 Å². The van der Waals surface area contributed by atoms with Crippen molar-refractivity contribution in [2.45, 2.75) is 52.7 Å². The molecule has 0 saturated carbocycles. The standard InChI is InChI=1S/C20H21BO5.C2H6/c1-19(2)20(3,4)26-21(25-19)12-6-8-15-14-9-7-13(23-5)11-16(14)18(22)24-17(15)10-12;1-2/h6-11H,1-5H3;1-2H3. The van der Waals surface area contributed by atoms with Gasteiger partial charge in [-0.15, -0.1) is 0 Å². The average Bonchev–Trinajstić information content (AvgIpc) is 2.90. The van der Waals surface area contributed by atoms with Crippen LogP contribution < -0.4 is 15.8 Å². The number of rotatable bonds is 2. The highest BCUT2D eigenvalue weighted by molar-refractivity contribution is 6.62. The van der Waals surface area contributed by atoms with E-state index in [0.29, 0.717) is 16.7 Å². The highest BCUT2D eigenvalue weighted by atomic mass is 16.7. The van der Waals surface area contributed by atoms with Crippen molar-refractivity contribution in [1.29, 1.82) is 0 Å². The lowest BCUT2D eigenvalue weighted by atomic mass is 9.78. The van der Waals surface area contributed by atoms with Gasteiger partial charge in [0.1, 0.15) is 11.3 Å². The Hall–Kier alpha value is -2.31. The zero-order chi connectivity index (χ0) is 20.7. The van der Waals surface area contributed by atoms with Crippen LogP contribution in [0.25, 0.3) is 21.7 Å². The van der Waals surface area contributed by atoms with Crippen molar-refractivity contribution < 1.29 is 18.5 Å². The largest absolute Gasteiger partial charge is 0.497 e. The minimum atomic E-state index is -0.499. The lowest BCUT2D eigenvalue weighted by molar-refractivity contribution is 0.00578. The zero-order valence-corrected chi connectivity index (χ0v) is 17.6. The second-order valence-electron chi connectivity index (χ2n) is 7.64. The van der Waals surface area contributed by atoms with Crippen LogP contribution in [0.4, 0.5) is 0 Å². The molecule has 4 rings (SSSR count). The summed E-state index contributed by atoms with van der Waals surface area (Å²) in [6.45, 7) is 12.0. The molecule has 6 heteroatoms. The molecule has 3 aromatic rings. The van der Waals surface area contributed by atoms with Crippen LogP contribution in [0.3, 0.4) is 0 Å². The van der Waals surface area contributed by atoms with Gasteiger partial charge in [-0.1, -0.05) is 26.0 Å². The second-order valence-corrected chi connectivity index (χ2v) is 7.64. The number of fused-ring (bicyclic) bond motifs is 3. The lowest BCUT2D eigenvalue weighted by Gasteiger charge is -2.32. The normalized spacial score (nSPS) is 17.5. The van der Waals surface area contributed by atoms with Gasteiger partial charge in [0.05, 0.1) is 23.7 Å². The van der Waals surface area contributed by atoms with Crippen LogP contribution in [0.1, 0.15) is 41.5 Å². The summed E-state index contributed by atoms with van der Waals surface area (Å²) >= 11 is 0. The van der Waals surface area contributed by atoms with Gasteiger partial charge in [-0.3, -0.25) is 0 Å². The van der Waals surface area contributed by atoms with E-state index in [0.717, 1.165) is 16.2 Å². The van der Waals surface area contributed by atoms with Crippen LogP contribution in [-0.2, 0) is 9.31 Å². The van der Waals surface area contributed by atoms with E-state index in [2.05, 4.69) is 0 Å². The predicted molar refractivity (Wildman–Crippen MR) is 114 cm³/mol. The molecule has 0 unspecified atom stereocenters. The van der Waals surface area contributed by atoms with Gasteiger partial charge in [0.25, 0.3) is 0 Å². The van der Waals surface area contributed by atoms with E-state index < -0.39 is 23.9 Å². The Morgan fingerprint density at radius 3 is 2.07 bits per heavy atom. The fraction of sp³-hybridized carbons (Fsp3) is 0.409. The molecule has 0 aliphatic carbocycles. The van der Waals surface area contributed by atoms with E-state index in [9.17, 15) is 4.79 Å². The third-order valence-electron chi connectivity index (χ3n) is 5.47. The van der Waals surface area contributed by atoms with Gasteiger partial charge in [0.15, 0.2) is 0 Å². The molecule has 0 N–H and O–H groups in total. The maximum absolute atomic E-state index is 12.4. The SMILES string of the molecule is CC.COc1ccc2c(c1)c(=O)oc1cc(B3OC(C)(C)C(C)(C)O3)ccc12. The van der Waals surface area contributed by atoms with Gasteiger partial charge in [0.2, 0.25) is 0 Å². The molecule has 5 nitrogen and oxygen atoms in total. The summed E-state index contributed by atoms with van der Waals surface area (Å²) in [6.07, 6.45) is 0. The topological polar surface area (TPSA) is 57.9 Å². The second kappa shape index (κ2) is 7.26. The van der Waals surface area contributed by atoms with E-state index in [4.69, 9.17) is 18.5 Å². The Bertz CT molecular complexity index is 1050. The Morgan fingerprint density at radius 2 is 1.46 bits per heavy atom. The first kappa shape index (κ1) is 20.4. The third kappa shape index (κ3) is 3.31. The minimum Gasteiger partial charge on any atom is -0.497 e. The number of benzene rings is 2. The molecule has 1 saturated heterocycles. The molecule has 1 aromatic heterocycles. The quantitative estimate of drug-likeness (QED) is 0.376. The smallest absolute Gasteiger partial charge is 0.494 e. The maximum atomic E-state index is 12.4. The molecule has 1 aliphatic rings. The highest BCUT2D eigenvalue weighted by Gasteiger charge is 2.51. The number of ether oxygens (including phenoxy) is 1. The van der Waals surface area contributed by atoms with Crippen LogP contribution in [0, 0.1) is 0 Å². The Balaban J connectivity index is 0.00000109. The van der Waals surface area contributed by atoms with Crippen molar-refractivity contribution in [3.63, 3.8) is 0 Å². The number of hydrogen-bond acceptors (Lipinski definition) is 5. The summed E-state index contributed by atoms with van der Waals surface area (Å²) in [5.41, 5.74) is 0.102. The highest BCUT2D eigenvalue weighted by Crippen LogP contribution is 2.36. The first-order valence-electron chi connectivity index (χ1n) is 9.62. The summed E-state index contributed by atoms with van der Waals surface area (Å²) in [6, 6.07) is 11.1. The molecule has 0 radical (unpaired) electrons. The fourth-order valence-electron chi connectivity index (χ4n) is 3.18. The molecule has 148 valence electrons. The minimum absolute atomic E-state index is 0.391. The van der Waals surface area contributed by atoms with Crippen LogP contribution in [-0.4, -0.2) is 25.4 Å².